The quantitative estimate of drug-likeness (QED) is 0.853. The van der Waals surface area contributed by atoms with Crippen molar-refractivity contribution in [3.63, 3.8) is 0 Å². The van der Waals surface area contributed by atoms with Crippen molar-refractivity contribution in [1.29, 1.82) is 0 Å². The second kappa shape index (κ2) is 6.21. The van der Waals surface area contributed by atoms with Gasteiger partial charge < -0.3 is 10.1 Å². The summed E-state index contributed by atoms with van der Waals surface area (Å²) in [4.78, 5) is 0. The molecule has 1 N–H and O–H groups in total. The van der Waals surface area contributed by atoms with Gasteiger partial charge in [0.2, 0.25) is 0 Å². The van der Waals surface area contributed by atoms with Crippen LogP contribution in [0.5, 0.6) is 5.75 Å². The van der Waals surface area contributed by atoms with Crippen molar-refractivity contribution in [2.45, 2.75) is 38.6 Å². The lowest BCUT2D eigenvalue weighted by molar-refractivity contribution is 0.340. The van der Waals surface area contributed by atoms with Crippen molar-refractivity contribution >= 4 is 5.69 Å². The fourth-order valence-corrected chi connectivity index (χ4v) is 2.90. The van der Waals surface area contributed by atoms with Gasteiger partial charge in [0.25, 0.3) is 0 Å². The van der Waals surface area contributed by atoms with E-state index in [0.29, 0.717) is 18.6 Å². The zero-order chi connectivity index (χ0) is 14.7. The summed E-state index contributed by atoms with van der Waals surface area (Å²) in [6, 6.07) is 17.8. The van der Waals surface area contributed by atoms with Crippen LogP contribution in [0.3, 0.4) is 0 Å². The van der Waals surface area contributed by atoms with Gasteiger partial charge in [0, 0.05) is 11.7 Å². The highest BCUT2D eigenvalue weighted by atomic mass is 16.5. The van der Waals surface area contributed by atoms with Crippen LogP contribution in [0.2, 0.25) is 0 Å². The number of ether oxygens (including phenoxy) is 1. The molecule has 0 amide bonds. The van der Waals surface area contributed by atoms with Crippen LogP contribution >= 0.6 is 0 Å². The summed E-state index contributed by atoms with van der Waals surface area (Å²) in [5.41, 5.74) is 4.00. The van der Waals surface area contributed by atoms with Gasteiger partial charge in [-0.25, -0.2) is 0 Å². The van der Waals surface area contributed by atoms with Crippen molar-refractivity contribution < 1.29 is 4.74 Å². The molecule has 3 rings (SSSR count). The third kappa shape index (κ3) is 3.38. The number of nitrogens with one attached hydrogen (secondary N) is 1. The van der Waals surface area contributed by atoms with Gasteiger partial charge in [-0.3, -0.25) is 0 Å². The molecule has 2 nitrogen and oxygen atoms in total. The molecule has 1 aliphatic carbocycles. The number of anilines is 1. The molecule has 110 valence electrons. The van der Waals surface area contributed by atoms with E-state index in [4.69, 9.17) is 4.74 Å². The molecule has 0 radical (unpaired) electrons. The SMILES string of the molecule is CCOc1ccc(NC2CC(c3ccc(C)cc3)C2)cc1. The van der Waals surface area contributed by atoms with E-state index in [1.165, 1.54) is 29.7 Å². The van der Waals surface area contributed by atoms with Gasteiger partial charge in [-0.05, 0) is 62.4 Å². The average molecular weight is 281 g/mol. The van der Waals surface area contributed by atoms with Crippen LogP contribution in [0.4, 0.5) is 5.69 Å². The number of hydrogen-bond acceptors (Lipinski definition) is 2. The van der Waals surface area contributed by atoms with Crippen LogP contribution in [0.15, 0.2) is 48.5 Å². The molecule has 1 aliphatic rings. The molecule has 2 aromatic carbocycles. The lowest BCUT2D eigenvalue weighted by Crippen LogP contribution is -2.33. The van der Waals surface area contributed by atoms with Gasteiger partial charge >= 0.3 is 0 Å². The minimum Gasteiger partial charge on any atom is -0.494 e. The summed E-state index contributed by atoms with van der Waals surface area (Å²) in [6.07, 6.45) is 2.44. The van der Waals surface area contributed by atoms with Gasteiger partial charge in [0.05, 0.1) is 6.61 Å². The molecule has 0 heterocycles. The van der Waals surface area contributed by atoms with Gasteiger partial charge in [-0.1, -0.05) is 29.8 Å². The lowest BCUT2D eigenvalue weighted by Gasteiger charge is -2.37. The first-order valence-electron chi connectivity index (χ1n) is 7.80. The Morgan fingerprint density at radius 2 is 1.67 bits per heavy atom. The van der Waals surface area contributed by atoms with E-state index in [2.05, 4.69) is 48.6 Å². The summed E-state index contributed by atoms with van der Waals surface area (Å²) >= 11 is 0. The third-order valence-electron chi connectivity index (χ3n) is 4.22. The van der Waals surface area contributed by atoms with Crippen molar-refractivity contribution in [2.24, 2.45) is 0 Å². The van der Waals surface area contributed by atoms with Gasteiger partial charge in [0.15, 0.2) is 0 Å². The molecule has 1 saturated carbocycles. The van der Waals surface area contributed by atoms with E-state index in [0.717, 1.165) is 5.75 Å². The van der Waals surface area contributed by atoms with Crippen molar-refractivity contribution in [1.82, 2.24) is 0 Å². The molecule has 0 aromatic heterocycles. The monoisotopic (exact) mass is 281 g/mol. The molecular formula is C19H23NO. The molecule has 0 spiro atoms. The number of aryl methyl sites for hydroxylation is 1. The Hall–Kier alpha value is -1.96. The van der Waals surface area contributed by atoms with E-state index in [1.807, 2.05) is 19.1 Å². The zero-order valence-electron chi connectivity index (χ0n) is 12.8. The highest BCUT2D eigenvalue weighted by Crippen LogP contribution is 2.38. The van der Waals surface area contributed by atoms with E-state index < -0.39 is 0 Å². The Bertz CT molecular complexity index is 568. The minimum atomic E-state index is 0.592. The highest BCUT2D eigenvalue weighted by molar-refractivity contribution is 5.48. The summed E-state index contributed by atoms with van der Waals surface area (Å²) in [5.74, 6) is 1.65. The van der Waals surface area contributed by atoms with Crippen LogP contribution < -0.4 is 10.1 Å². The first-order valence-corrected chi connectivity index (χ1v) is 7.80. The number of rotatable bonds is 5. The number of hydrogen-bond donors (Lipinski definition) is 1. The summed E-state index contributed by atoms with van der Waals surface area (Å²) in [7, 11) is 0. The first kappa shape index (κ1) is 14.0. The van der Waals surface area contributed by atoms with Crippen LogP contribution in [-0.4, -0.2) is 12.6 Å². The Morgan fingerprint density at radius 3 is 2.29 bits per heavy atom. The van der Waals surface area contributed by atoms with Gasteiger partial charge in [-0.15, -0.1) is 0 Å². The van der Waals surface area contributed by atoms with Gasteiger partial charge in [-0.2, -0.15) is 0 Å². The molecule has 0 unspecified atom stereocenters. The van der Waals surface area contributed by atoms with E-state index in [1.54, 1.807) is 0 Å². The topological polar surface area (TPSA) is 21.3 Å². The second-order valence-corrected chi connectivity index (χ2v) is 5.88. The smallest absolute Gasteiger partial charge is 0.119 e. The summed E-state index contributed by atoms with van der Waals surface area (Å²) < 4.78 is 5.46. The Labute approximate surface area is 127 Å². The normalized spacial score (nSPS) is 20.7. The van der Waals surface area contributed by atoms with E-state index in [-0.39, 0.29) is 0 Å². The molecule has 0 saturated heterocycles. The Balaban J connectivity index is 1.51. The van der Waals surface area contributed by atoms with Crippen molar-refractivity contribution in [2.75, 3.05) is 11.9 Å². The van der Waals surface area contributed by atoms with Gasteiger partial charge in [0.1, 0.15) is 5.75 Å². The molecule has 0 atom stereocenters. The Kier molecular flexibility index (Phi) is 4.14. The first-order chi connectivity index (χ1) is 10.2. The minimum absolute atomic E-state index is 0.592. The molecule has 1 fully saturated rings. The van der Waals surface area contributed by atoms with Crippen LogP contribution in [0.1, 0.15) is 36.8 Å². The maximum atomic E-state index is 5.46. The fourth-order valence-electron chi connectivity index (χ4n) is 2.90. The fraction of sp³-hybridized carbons (Fsp3) is 0.368. The maximum absolute atomic E-state index is 5.46. The Morgan fingerprint density at radius 1 is 1.00 bits per heavy atom. The average Bonchev–Trinajstić information content (AvgIpc) is 2.46. The zero-order valence-corrected chi connectivity index (χ0v) is 12.8. The van der Waals surface area contributed by atoms with Crippen LogP contribution in [-0.2, 0) is 0 Å². The van der Waals surface area contributed by atoms with Crippen molar-refractivity contribution in [3.8, 4) is 5.75 Å². The molecule has 0 bridgehead atoms. The predicted octanol–water partition coefficient (Wildman–Crippen LogP) is 4.75. The molecule has 21 heavy (non-hydrogen) atoms. The standard InChI is InChI=1S/C19H23NO/c1-3-21-19-10-8-17(9-11-19)20-18-12-16(13-18)15-6-4-14(2)5-7-15/h4-11,16,18,20H,3,12-13H2,1-2H3. The van der Waals surface area contributed by atoms with E-state index in [9.17, 15) is 0 Å². The van der Waals surface area contributed by atoms with Crippen LogP contribution in [0, 0.1) is 6.92 Å². The molecule has 0 aliphatic heterocycles. The largest absolute Gasteiger partial charge is 0.494 e. The third-order valence-corrected chi connectivity index (χ3v) is 4.22. The number of benzene rings is 2. The molecule has 2 heteroatoms. The highest BCUT2D eigenvalue weighted by Gasteiger charge is 2.29. The van der Waals surface area contributed by atoms with Crippen LogP contribution in [0.25, 0.3) is 0 Å². The molecule has 2 aromatic rings. The summed E-state index contributed by atoms with van der Waals surface area (Å²) in [5, 5.41) is 3.60. The van der Waals surface area contributed by atoms with E-state index >= 15 is 0 Å². The van der Waals surface area contributed by atoms with Crippen molar-refractivity contribution in [3.05, 3.63) is 59.7 Å². The maximum Gasteiger partial charge on any atom is 0.119 e. The lowest BCUT2D eigenvalue weighted by atomic mass is 9.75. The summed E-state index contributed by atoms with van der Waals surface area (Å²) in [6.45, 7) is 4.86. The second-order valence-electron chi connectivity index (χ2n) is 5.88. The molecular weight excluding hydrogens is 258 g/mol. The predicted molar refractivity (Wildman–Crippen MR) is 88.2 cm³/mol.